The van der Waals surface area contributed by atoms with Crippen LogP contribution in [0.1, 0.15) is 29.9 Å². The maximum absolute atomic E-state index is 9.53. The summed E-state index contributed by atoms with van der Waals surface area (Å²) in [5.41, 5.74) is 3.52. The van der Waals surface area contributed by atoms with Gasteiger partial charge in [-0.25, -0.2) is 0 Å². The summed E-state index contributed by atoms with van der Waals surface area (Å²) in [6.07, 6.45) is 4.59. The Balaban J connectivity index is 1.45. The van der Waals surface area contributed by atoms with Gasteiger partial charge in [-0.2, -0.15) is 0 Å². The summed E-state index contributed by atoms with van der Waals surface area (Å²) in [5.74, 6) is 1.22. The van der Waals surface area contributed by atoms with Crippen LogP contribution < -0.4 is 0 Å². The van der Waals surface area contributed by atoms with E-state index in [4.69, 9.17) is 11.6 Å². The predicted octanol–water partition coefficient (Wildman–Crippen LogP) is 5.10. The van der Waals surface area contributed by atoms with E-state index in [-0.39, 0.29) is 0 Å². The van der Waals surface area contributed by atoms with Crippen molar-refractivity contribution in [1.82, 2.24) is 9.88 Å². The second kappa shape index (κ2) is 7.97. The summed E-state index contributed by atoms with van der Waals surface area (Å²) >= 11 is 5.95. The number of amidine groups is 1. The van der Waals surface area contributed by atoms with Gasteiger partial charge in [0.15, 0.2) is 0 Å². The van der Waals surface area contributed by atoms with E-state index in [0.29, 0.717) is 17.4 Å². The molecular weight excluding hydrogens is 358 g/mol. The highest BCUT2D eigenvalue weighted by Gasteiger charge is 2.24. The van der Waals surface area contributed by atoms with Gasteiger partial charge in [-0.05, 0) is 54.2 Å². The van der Waals surface area contributed by atoms with E-state index in [2.05, 4.69) is 39.3 Å². The van der Waals surface area contributed by atoms with Crippen LogP contribution in [0.3, 0.4) is 0 Å². The molecule has 1 N–H and O–H groups in total. The molecule has 1 saturated heterocycles. The standard InChI is InChI=1S/C22H22ClN3O/c23-18-7-5-16(6-8-18)15-22(25-27)26-13-10-17(11-14-26)19-9-12-24-21-4-2-1-3-20(19)21/h1-9,12,17,27H,10-11,13-15H2/b25-22-. The molecule has 3 aromatic rings. The second-order valence-corrected chi connectivity index (χ2v) is 7.43. The van der Waals surface area contributed by atoms with Crippen molar-refractivity contribution >= 4 is 28.3 Å². The van der Waals surface area contributed by atoms with Crippen LogP contribution in [0.4, 0.5) is 0 Å². The van der Waals surface area contributed by atoms with Gasteiger partial charge in [0.05, 0.1) is 5.52 Å². The normalized spacial score (nSPS) is 16.0. The molecule has 4 rings (SSSR count). The van der Waals surface area contributed by atoms with Crippen molar-refractivity contribution in [2.24, 2.45) is 5.16 Å². The van der Waals surface area contributed by atoms with Crippen LogP contribution in [0.15, 0.2) is 65.9 Å². The molecule has 0 bridgehead atoms. The van der Waals surface area contributed by atoms with Gasteiger partial charge in [0.25, 0.3) is 0 Å². The zero-order valence-electron chi connectivity index (χ0n) is 15.1. The fourth-order valence-corrected chi connectivity index (χ4v) is 4.04. The Bertz CT molecular complexity index is 942. The van der Waals surface area contributed by atoms with Crippen molar-refractivity contribution in [1.29, 1.82) is 0 Å². The van der Waals surface area contributed by atoms with Gasteiger partial charge in [0.2, 0.25) is 0 Å². The molecule has 2 aromatic carbocycles. The lowest BCUT2D eigenvalue weighted by Gasteiger charge is -2.34. The number of piperidine rings is 1. The van der Waals surface area contributed by atoms with Crippen LogP contribution in [-0.4, -0.2) is 34.0 Å². The molecule has 1 aromatic heterocycles. The minimum Gasteiger partial charge on any atom is -0.409 e. The van der Waals surface area contributed by atoms with Gasteiger partial charge in [-0.15, -0.1) is 0 Å². The van der Waals surface area contributed by atoms with E-state index < -0.39 is 0 Å². The lowest BCUT2D eigenvalue weighted by molar-refractivity contribution is 0.271. The minimum atomic E-state index is 0.504. The third-order valence-electron chi connectivity index (χ3n) is 5.37. The summed E-state index contributed by atoms with van der Waals surface area (Å²) < 4.78 is 0. The van der Waals surface area contributed by atoms with Gasteiger partial charge < -0.3 is 10.1 Å². The molecule has 0 radical (unpaired) electrons. The molecule has 2 heterocycles. The monoisotopic (exact) mass is 379 g/mol. The first-order chi connectivity index (χ1) is 13.2. The molecule has 4 nitrogen and oxygen atoms in total. The number of benzene rings is 2. The summed E-state index contributed by atoms with van der Waals surface area (Å²) in [6.45, 7) is 1.77. The van der Waals surface area contributed by atoms with Crippen molar-refractivity contribution < 1.29 is 5.21 Å². The number of halogens is 1. The molecule has 0 unspecified atom stereocenters. The first kappa shape index (κ1) is 17.8. The molecule has 0 aliphatic carbocycles. The van der Waals surface area contributed by atoms with Crippen LogP contribution in [0, 0.1) is 0 Å². The summed E-state index contributed by atoms with van der Waals surface area (Å²) in [5, 5.41) is 15.1. The summed E-state index contributed by atoms with van der Waals surface area (Å²) in [7, 11) is 0. The molecule has 0 saturated carbocycles. The average molecular weight is 380 g/mol. The number of likely N-dealkylation sites (tertiary alicyclic amines) is 1. The molecule has 1 aliphatic rings. The maximum Gasteiger partial charge on any atom is 0.148 e. The quantitative estimate of drug-likeness (QED) is 0.298. The van der Waals surface area contributed by atoms with Crippen molar-refractivity contribution in [2.45, 2.75) is 25.2 Å². The minimum absolute atomic E-state index is 0.504. The fraction of sp³-hybridized carbons (Fsp3) is 0.273. The Hall–Kier alpha value is -2.59. The number of nitrogens with zero attached hydrogens (tertiary/aromatic N) is 3. The summed E-state index contributed by atoms with van der Waals surface area (Å²) in [6, 6.07) is 18.2. The van der Waals surface area contributed by atoms with Crippen LogP contribution in [0.5, 0.6) is 0 Å². The molecule has 5 heteroatoms. The third-order valence-corrected chi connectivity index (χ3v) is 5.63. The Morgan fingerprint density at radius 1 is 1.07 bits per heavy atom. The second-order valence-electron chi connectivity index (χ2n) is 7.00. The van der Waals surface area contributed by atoms with E-state index in [1.54, 1.807) is 0 Å². The Morgan fingerprint density at radius 3 is 2.56 bits per heavy atom. The van der Waals surface area contributed by atoms with Gasteiger partial charge in [-0.3, -0.25) is 4.98 Å². The Labute approximate surface area is 164 Å². The van der Waals surface area contributed by atoms with Crippen LogP contribution in [-0.2, 0) is 6.42 Å². The highest BCUT2D eigenvalue weighted by molar-refractivity contribution is 6.30. The highest BCUT2D eigenvalue weighted by atomic mass is 35.5. The van der Waals surface area contributed by atoms with Gasteiger partial charge in [0.1, 0.15) is 5.84 Å². The lowest BCUT2D eigenvalue weighted by atomic mass is 9.87. The number of pyridine rings is 1. The number of aromatic nitrogens is 1. The average Bonchev–Trinajstić information content (AvgIpc) is 2.73. The lowest BCUT2D eigenvalue weighted by Crippen LogP contribution is -2.39. The van der Waals surface area contributed by atoms with E-state index in [0.717, 1.165) is 42.8 Å². The van der Waals surface area contributed by atoms with Gasteiger partial charge >= 0.3 is 0 Å². The zero-order valence-corrected chi connectivity index (χ0v) is 15.8. The predicted molar refractivity (Wildman–Crippen MR) is 110 cm³/mol. The smallest absolute Gasteiger partial charge is 0.148 e. The number of rotatable bonds is 3. The SMILES string of the molecule is O/N=C(/Cc1ccc(Cl)cc1)N1CCC(c2ccnc3ccccc23)CC1. The van der Waals surface area contributed by atoms with Crippen molar-refractivity contribution in [3.63, 3.8) is 0 Å². The number of oxime groups is 1. The van der Waals surface area contributed by atoms with E-state index >= 15 is 0 Å². The number of hydrogen-bond donors (Lipinski definition) is 1. The van der Waals surface area contributed by atoms with E-state index in [1.165, 1.54) is 10.9 Å². The van der Waals surface area contributed by atoms with E-state index in [1.807, 2.05) is 36.5 Å². The maximum atomic E-state index is 9.53. The number of fused-ring (bicyclic) bond motifs is 1. The molecule has 138 valence electrons. The highest BCUT2D eigenvalue weighted by Crippen LogP contribution is 2.32. The van der Waals surface area contributed by atoms with Crippen LogP contribution >= 0.6 is 11.6 Å². The fourth-order valence-electron chi connectivity index (χ4n) is 3.92. The topological polar surface area (TPSA) is 48.7 Å². The molecule has 0 amide bonds. The van der Waals surface area contributed by atoms with Gasteiger partial charge in [0, 0.05) is 36.1 Å². The van der Waals surface area contributed by atoms with Crippen LogP contribution in [0.2, 0.25) is 5.02 Å². The largest absolute Gasteiger partial charge is 0.409 e. The first-order valence-electron chi connectivity index (χ1n) is 9.28. The van der Waals surface area contributed by atoms with Crippen molar-refractivity contribution in [3.05, 3.63) is 76.9 Å². The first-order valence-corrected chi connectivity index (χ1v) is 9.66. The van der Waals surface area contributed by atoms with Crippen LogP contribution in [0.25, 0.3) is 10.9 Å². The number of para-hydroxylation sites is 1. The molecule has 1 aliphatic heterocycles. The Morgan fingerprint density at radius 2 is 1.81 bits per heavy atom. The van der Waals surface area contributed by atoms with Crippen molar-refractivity contribution in [2.75, 3.05) is 13.1 Å². The third kappa shape index (κ3) is 3.91. The van der Waals surface area contributed by atoms with E-state index in [9.17, 15) is 5.21 Å². The molecule has 0 spiro atoms. The van der Waals surface area contributed by atoms with Crippen molar-refractivity contribution in [3.8, 4) is 0 Å². The molecule has 27 heavy (non-hydrogen) atoms. The zero-order chi connectivity index (χ0) is 18.6. The number of hydrogen-bond acceptors (Lipinski definition) is 3. The molecule has 1 fully saturated rings. The van der Waals surface area contributed by atoms with Gasteiger partial charge in [-0.1, -0.05) is 47.1 Å². The Kier molecular flexibility index (Phi) is 5.26. The molecule has 0 atom stereocenters. The molecular formula is C22H22ClN3O. The summed E-state index contributed by atoms with van der Waals surface area (Å²) in [4.78, 5) is 6.66.